The number of piperidine rings is 1. The average molecular weight is 488 g/mol. The number of hydrogen-bond acceptors (Lipinski definition) is 5. The second-order valence-electron chi connectivity index (χ2n) is 9.90. The quantitative estimate of drug-likeness (QED) is 0.324. The molecule has 6 rings (SSSR count). The fourth-order valence-electron chi connectivity index (χ4n) is 5.14. The van der Waals surface area contributed by atoms with Crippen LogP contribution in [0, 0.1) is 12.8 Å². The van der Waals surface area contributed by atoms with Crippen molar-refractivity contribution in [2.24, 2.45) is 5.92 Å². The van der Waals surface area contributed by atoms with Crippen molar-refractivity contribution >= 4 is 17.2 Å². The van der Waals surface area contributed by atoms with Gasteiger partial charge >= 0.3 is 0 Å². The number of ether oxygens (including phenoxy) is 1. The highest BCUT2D eigenvalue weighted by molar-refractivity contribution is 6.30. The summed E-state index contributed by atoms with van der Waals surface area (Å²) in [4.78, 5) is 11.7. The number of aromatic nitrogens is 4. The molecule has 0 N–H and O–H groups in total. The van der Waals surface area contributed by atoms with Gasteiger partial charge in [-0.2, -0.15) is 5.10 Å². The number of pyridine rings is 1. The topological polar surface area (TPSA) is 55.5 Å². The van der Waals surface area contributed by atoms with E-state index in [-0.39, 0.29) is 0 Å². The molecule has 4 aromatic rings. The predicted octanol–water partition coefficient (Wildman–Crippen LogP) is 5.92. The second kappa shape index (κ2) is 9.59. The molecule has 0 radical (unpaired) electrons. The van der Waals surface area contributed by atoms with Crippen molar-refractivity contribution < 1.29 is 4.74 Å². The van der Waals surface area contributed by atoms with Gasteiger partial charge in [-0.15, -0.1) is 0 Å². The van der Waals surface area contributed by atoms with Gasteiger partial charge < -0.3 is 4.74 Å². The van der Waals surface area contributed by atoms with Crippen LogP contribution in [0.4, 0.5) is 0 Å². The van der Waals surface area contributed by atoms with E-state index >= 15 is 0 Å². The molecule has 1 unspecified atom stereocenters. The van der Waals surface area contributed by atoms with Crippen molar-refractivity contribution in [1.82, 2.24) is 24.5 Å². The smallest absolute Gasteiger partial charge is 0.213 e. The lowest BCUT2D eigenvalue weighted by atomic mass is 9.94. The van der Waals surface area contributed by atoms with Crippen LogP contribution >= 0.6 is 11.6 Å². The van der Waals surface area contributed by atoms with Crippen LogP contribution in [0.15, 0.2) is 54.9 Å². The Morgan fingerprint density at radius 1 is 1.03 bits per heavy atom. The first-order valence-electron chi connectivity index (χ1n) is 12.5. The Kier molecular flexibility index (Phi) is 6.17. The van der Waals surface area contributed by atoms with Crippen LogP contribution in [-0.2, 0) is 6.54 Å². The van der Waals surface area contributed by atoms with E-state index in [0.717, 1.165) is 60.2 Å². The number of rotatable bonds is 7. The van der Waals surface area contributed by atoms with Crippen LogP contribution in [-0.4, -0.2) is 44.2 Å². The molecule has 2 aliphatic rings. The first-order valence-corrected chi connectivity index (χ1v) is 12.9. The van der Waals surface area contributed by atoms with Gasteiger partial charge in [0.1, 0.15) is 0 Å². The van der Waals surface area contributed by atoms with Gasteiger partial charge in [-0.05, 0) is 80.5 Å². The highest BCUT2D eigenvalue weighted by Gasteiger charge is 2.26. The molecule has 1 atom stereocenters. The third-order valence-electron chi connectivity index (χ3n) is 7.15. The third-order valence-corrected chi connectivity index (χ3v) is 7.41. The normalized spacial score (nSPS) is 18.7. The molecule has 1 saturated heterocycles. The fraction of sp³-hybridized carbons (Fsp3) is 0.393. The van der Waals surface area contributed by atoms with E-state index in [4.69, 9.17) is 26.4 Å². The zero-order valence-corrected chi connectivity index (χ0v) is 20.8. The maximum absolute atomic E-state index is 6.07. The van der Waals surface area contributed by atoms with Crippen LogP contribution < -0.4 is 4.74 Å². The number of hydrogen-bond donors (Lipinski definition) is 0. The van der Waals surface area contributed by atoms with Gasteiger partial charge in [0.15, 0.2) is 5.65 Å². The summed E-state index contributed by atoms with van der Waals surface area (Å²) in [6, 6.07) is 14.4. The van der Waals surface area contributed by atoms with E-state index in [0.29, 0.717) is 17.7 Å². The van der Waals surface area contributed by atoms with E-state index in [1.165, 1.54) is 30.5 Å². The zero-order chi connectivity index (χ0) is 23.8. The maximum atomic E-state index is 6.07. The molecule has 35 heavy (non-hydrogen) atoms. The highest BCUT2D eigenvalue weighted by atomic mass is 35.5. The van der Waals surface area contributed by atoms with E-state index < -0.39 is 0 Å². The molecule has 1 saturated carbocycles. The largest absolute Gasteiger partial charge is 0.477 e. The lowest BCUT2D eigenvalue weighted by Crippen LogP contribution is -2.34. The van der Waals surface area contributed by atoms with Crippen molar-refractivity contribution in [2.45, 2.75) is 45.1 Å². The summed E-state index contributed by atoms with van der Waals surface area (Å²) in [6.07, 6.45) is 8.59. The zero-order valence-electron chi connectivity index (χ0n) is 20.0. The number of benzene rings is 1. The molecular formula is C28H30ClN5O. The molecule has 1 aliphatic carbocycles. The molecule has 6 nitrogen and oxygen atoms in total. The molecular weight excluding hydrogens is 458 g/mol. The highest BCUT2D eigenvalue weighted by Crippen LogP contribution is 2.34. The van der Waals surface area contributed by atoms with Crippen molar-refractivity contribution in [3.05, 3.63) is 76.8 Å². The number of fused-ring (bicyclic) bond motifs is 1. The van der Waals surface area contributed by atoms with Crippen molar-refractivity contribution in [2.75, 3.05) is 19.7 Å². The average Bonchev–Trinajstić information content (AvgIpc) is 3.64. The summed E-state index contributed by atoms with van der Waals surface area (Å²) in [5.74, 6) is 1.77. The summed E-state index contributed by atoms with van der Waals surface area (Å²) in [5, 5.41) is 5.74. The fourth-order valence-corrected chi connectivity index (χ4v) is 5.26. The monoisotopic (exact) mass is 487 g/mol. The molecule has 180 valence electrons. The van der Waals surface area contributed by atoms with E-state index in [2.05, 4.69) is 39.5 Å². The lowest BCUT2D eigenvalue weighted by molar-refractivity contribution is 0.197. The molecule has 7 heteroatoms. The number of halogens is 1. The van der Waals surface area contributed by atoms with Gasteiger partial charge in [-0.25, -0.2) is 14.5 Å². The number of likely N-dealkylation sites (tertiary alicyclic amines) is 1. The molecule has 0 bridgehead atoms. The first kappa shape index (κ1) is 22.5. The van der Waals surface area contributed by atoms with E-state index in [1.807, 2.05) is 36.7 Å². The third kappa shape index (κ3) is 4.91. The van der Waals surface area contributed by atoms with Crippen LogP contribution in [0.2, 0.25) is 5.02 Å². The van der Waals surface area contributed by atoms with Gasteiger partial charge in [-0.1, -0.05) is 23.7 Å². The minimum absolute atomic E-state index is 0.406. The van der Waals surface area contributed by atoms with Gasteiger partial charge in [0.25, 0.3) is 0 Å². The lowest BCUT2D eigenvalue weighted by Gasteiger charge is -2.33. The Hall–Kier alpha value is -2.96. The van der Waals surface area contributed by atoms with Gasteiger partial charge in [0.2, 0.25) is 5.88 Å². The van der Waals surface area contributed by atoms with E-state index in [9.17, 15) is 0 Å². The molecule has 0 spiro atoms. The number of aryl methyl sites for hydroxylation is 1. The van der Waals surface area contributed by atoms with Crippen molar-refractivity contribution in [3.8, 4) is 17.0 Å². The SMILES string of the molecule is Cc1nn2c(C3CCCN(Cc4ccc(Cl)cc4)C3)ccnc2c1-c1ccnc(OCC2CC2)c1. The Morgan fingerprint density at radius 3 is 2.69 bits per heavy atom. The summed E-state index contributed by atoms with van der Waals surface area (Å²) < 4.78 is 8.00. The minimum atomic E-state index is 0.406. The summed E-state index contributed by atoms with van der Waals surface area (Å²) >= 11 is 6.07. The maximum Gasteiger partial charge on any atom is 0.213 e. The van der Waals surface area contributed by atoms with Crippen LogP contribution in [0.1, 0.15) is 48.6 Å². The Bertz CT molecular complexity index is 1330. The van der Waals surface area contributed by atoms with Gasteiger partial charge in [0.05, 0.1) is 18.0 Å². The Balaban J connectivity index is 1.27. The first-order chi connectivity index (χ1) is 17.1. The molecule has 3 aromatic heterocycles. The summed E-state index contributed by atoms with van der Waals surface area (Å²) in [7, 11) is 0. The second-order valence-corrected chi connectivity index (χ2v) is 10.3. The number of nitrogens with zero attached hydrogens (tertiary/aromatic N) is 5. The molecule has 1 aromatic carbocycles. The molecule has 1 aliphatic heterocycles. The van der Waals surface area contributed by atoms with Crippen LogP contribution in [0.5, 0.6) is 5.88 Å². The molecule has 0 amide bonds. The minimum Gasteiger partial charge on any atom is -0.477 e. The summed E-state index contributed by atoms with van der Waals surface area (Å²) in [6.45, 7) is 5.86. The Labute approximate surface area is 210 Å². The predicted molar refractivity (Wildman–Crippen MR) is 138 cm³/mol. The van der Waals surface area contributed by atoms with Gasteiger partial charge in [-0.3, -0.25) is 4.90 Å². The van der Waals surface area contributed by atoms with E-state index in [1.54, 1.807) is 0 Å². The molecule has 4 heterocycles. The molecule has 2 fully saturated rings. The Morgan fingerprint density at radius 2 is 1.86 bits per heavy atom. The van der Waals surface area contributed by atoms with Crippen LogP contribution in [0.3, 0.4) is 0 Å². The van der Waals surface area contributed by atoms with Gasteiger partial charge in [0, 0.05) is 48.1 Å². The summed E-state index contributed by atoms with van der Waals surface area (Å²) in [5.41, 5.74) is 6.50. The van der Waals surface area contributed by atoms with Crippen molar-refractivity contribution in [1.29, 1.82) is 0 Å². The van der Waals surface area contributed by atoms with Crippen LogP contribution in [0.25, 0.3) is 16.8 Å². The van der Waals surface area contributed by atoms with Crippen molar-refractivity contribution in [3.63, 3.8) is 0 Å². The standard InChI is InChI=1S/C28H30ClN5O/c1-19-27(22-10-12-30-26(15-22)35-18-21-4-5-21)28-31-13-11-25(34(28)32-19)23-3-2-14-33(17-23)16-20-6-8-24(29)9-7-20/h6-13,15,21,23H,2-5,14,16-18H2,1H3.